The summed E-state index contributed by atoms with van der Waals surface area (Å²) in [6.07, 6.45) is 0. The molecule has 1 nitrogen and oxygen atoms in total. The highest BCUT2D eigenvalue weighted by molar-refractivity contribution is 8.22. The van der Waals surface area contributed by atoms with E-state index in [0.29, 0.717) is 15.0 Å². The average Bonchev–Trinajstić information content (AvgIpc) is 2.38. The van der Waals surface area contributed by atoms with E-state index in [1.807, 2.05) is 24.3 Å². The van der Waals surface area contributed by atoms with Crippen molar-refractivity contribution in [2.75, 3.05) is 5.32 Å². The van der Waals surface area contributed by atoms with Gasteiger partial charge in [-0.05, 0) is 35.9 Å². The molecule has 0 atom stereocenters. The summed E-state index contributed by atoms with van der Waals surface area (Å²) in [5.74, 6) is 0.466. The van der Waals surface area contributed by atoms with Crippen molar-refractivity contribution >= 4 is 45.6 Å². The number of hydrogen-bond acceptors (Lipinski definition) is 2. The van der Waals surface area contributed by atoms with Gasteiger partial charge in [0.2, 0.25) is 0 Å². The molecule has 0 amide bonds. The van der Waals surface area contributed by atoms with Gasteiger partial charge in [0.15, 0.2) is 0 Å². The zero-order valence-corrected chi connectivity index (χ0v) is 12.3. The molecule has 2 aromatic rings. The molecule has 2 rings (SSSR count). The molecule has 0 heterocycles. The Bertz CT molecular complexity index is 572. The minimum absolute atomic E-state index is 0.282. The largest absolute Gasteiger partial charge is 0.341 e. The number of thioether (sulfide) groups is 1. The average molecular weight is 312 g/mol. The topological polar surface area (TPSA) is 12.0 Å². The molecule has 5 heteroatoms. The smallest absolute Gasteiger partial charge is 0.138 e. The molecule has 0 aliphatic heterocycles. The highest BCUT2D eigenvalue weighted by atomic mass is 35.5. The Morgan fingerprint density at radius 3 is 2.63 bits per heavy atom. The predicted molar refractivity (Wildman–Crippen MR) is 85.4 cm³/mol. The van der Waals surface area contributed by atoms with Crippen LogP contribution < -0.4 is 5.32 Å². The van der Waals surface area contributed by atoms with E-state index >= 15 is 0 Å². The molecule has 0 radical (unpaired) electrons. The second-order valence-corrected chi connectivity index (χ2v) is 5.93. The molecule has 0 aliphatic carbocycles. The molecule has 2 aromatic carbocycles. The van der Waals surface area contributed by atoms with E-state index in [9.17, 15) is 4.39 Å². The maximum Gasteiger partial charge on any atom is 0.138 e. The number of benzene rings is 2. The molecule has 0 saturated carbocycles. The lowest BCUT2D eigenvalue weighted by Crippen LogP contribution is -2.04. The fraction of sp³-hybridized carbons (Fsp3) is 0.0714. The van der Waals surface area contributed by atoms with Gasteiger partial charge in [0, 0.05) is 16.5 Å². The summed E-state index contributed by atoms with van der Waals surface area (Å²) in [4.78, 5) is 0. The van der Waals surface area contributed by atoms with E-state index in [0.717, 1.165) is 11.3 Å². The Morgan fingerprint density at radius 2 is 1.95 bits per heavy atom. The van der Waals surface area contributed by atoms with Crippen LogP contribution >= 0.6 is 35.6 Å². The van der Waals surface area contributed by atoms with Crippen molar-refractivity contribution in [2.24, 2.45) is 0 Å². The third-order valence-electron chi connectivity index (χ3n) is 2.35. The number of anilines is 1. The molecule has 0 fully saturated rings. The summed E-state index contributed by atoms with van der Waals surface area (Å²) in [7, 11) is 0. The van der Waals surface area contributed by atoms with Crippen LogP contribution in [0, 0.1) is 5.82 Å². The summed E-state index contributed by atoms with van der Waals surface area (Å²) in [5.41, 5.74) is 1.80. The van der Waals surface area contributed by atoms with Crippen molar-refractivity contribution in [3.63, 3.8) is 0 Å². The number of halogens is 2. The minimum Gasteiger partial charge on any atom is -0.341 e. The summed E-state index contributed by atoms with van der Waals surface area (Å²) in [6, 6.07) is 13.8. The second kappa shape index (κ2) is 6.89. The standard InChI is InChI=1S/C14H11ClFNS2/c15-11-6-4-10(5-7-11)9-19-14(18)17-13-3-1-2-12(16)8-13/h1-8H,9H2,(H,17,18). The van der Waals surface area contributed by atoms with Crippen LogP contribution in [0.5, 0.6) is 0 Å². The van der Waals surface area contributed by atoms with Gasteiger partial charge in [0.05, 0.1) is 0 Å². The Labute approximate surface area is 126 Å². The van der Waals surface area contributed by atoms with Gasteiger partial charge >= 0.3 is 0 Å². The first-order chi connectivity index (χ1) is 9.13. The summed E-state index contributed by atoms with van der Waals surface area (Å²) < 4.78 is 13.6. The van der Waals surface area contributed by atoms with Crippen LogP contribution in [0.3, 0.4) is 0 Å². The number of thiocarbonyl (C=S) groups is 1. The van der Waals surface area contributed by atoms with Gasteiger partial charge in [-0.3, -0.25) is 0 Å². The van der Waals surface area contributed by atoms with Crippen molar-refractivity contribution in [2.45, 2.75) is 5.75 Å². The molecule has 0 aromatic heterocycles. The Kier molecular flexibility index (Phi) is 5.19. The van der Waals surface area contributed by atoms with Gasteiger partial charge < -0.3 is 5.32 Å². The molecular weight excluding hydrogens is 301 g/mol. The Morgan fingerprint density at radius 1 is 1.21 bits per heavy atom. The van der Waals surface area contributed by atoms with Crippen molar-refractivity contribution in [3.8, 4) is 0 Å². The zero-order valence-electron chi connectivity index (χ0n) is 9.90. The normalized spacial score (nSPS) is 10.2. The first-order valence-corrected chi connectivity index (χ1v) is 7.34. The van der Waals surface area contributed by atoms with E-state index in [1.54, 1.807) is 12.1 Å². The lowest BCUT2D eigenvalue weighted by Gasteiger charge is -2.07. The first kappa shape index (κ1) is 14.3. The van der Waals surface area contributed by atoms with Crippen LogP contribution in [0.2, 0.25) is 5.02 Å². The summed E-state index contributed by atoms with van der Waals surface area (Å²) in [5, 5.41) is 3.71. The van der Waals surface area contributed by atoms with Crippen molar-refractivity contribution in [1.29, 1.82) is 0 Å². The lowest BCUT2D eigenvalue weighted by atomic mass is 10.2. The highest BCUT2D eigenvalue weighted by Crippen LogP contribution is 2.18. The molecular formula is C14H11ClFNS2. The third-order valence-corrected chi connectivity index (χ3v) is 3.90. The fourth-order valence-electron chi connectivity index (χ4n) is 1.45. The molecule has 0 saturated heterocycles. The highest BCUT2D eigenvalue weighted by Gasteiger charge is 2.01. The van der Waals surface area contributed by atoms with Crippen LogP contribution in [-0.2, 0) is 5.75 Å². The van der Waals surface area contributed by atoms with E-state index in [-0.39, 0.29) is 5.82 Å². The molecule has 0 unspecified atom stereocenters. The van der Waals surface area contributed by atoms with Crippen LogP contribution in [0.1, 0.15) is 5.56 Å². The first-order valence-electron chi connectivity index (χ1n) is 5.57. The van der Waals surface area contributed by atoms with Crippen molar-refractivity contribution in [3.05, 3.63) is 64.9 Å². The van der Waals surface area contributed by atoms with Gasteiger partial charge in [-0.1, -0.05) is 53.8 Å². The van der Waals surface area contributed by atoms with Crippen LogP contribution in [0.4, 0.5) is 10.1 Å². The van der Waals surface area contributed by atoms with Gasteiger partial charge in [0.1, 0.15) is 10.1 Å². The van der Waals surface area contributed by atoms with Crippen LogP contribution in [-0.4, -0.2) is 4.32 Å². The van der Waals surface area contributed by atoms with Gasteiger partial charge in [-0.2, -0.15) is 0 Å². The van der Waals surface area contributed by atoms with Gasteiger partial charge in [-0.15, -0.1) is 0 Å². The summed E-state index contributed by atoms with van der Waals surface area (Å²) in [6.45, 7) is 0. The quantitative estimate of drug-likeness (QED) is 0.791. The molecule has 0 aliphatic rings. The molecule has 0 spiro atoms. The Hall–Kier alpha value is -1.10. The number of rotatable bonds is 3. The van der Waals surface area contributed by atoms with Crippen molar-refractivity contribution in [1.82, 2.24) is 0 Å². The fourth-order valence-corrected chi connectivity index (χ4v) is 2.55. The van der Waals surface area contributed by atoms with E-state index < -0.39 is 0 Å². The molecule has 98 valence electrons. The van der Waals surface area contributed by atoms with E-state index in [2.05, 4.69) is 5.32 Å². The minimum atomic E-state index is -0.282. The van der Waals surface area contributed by atoms with Crippen molar-refractivity contribution < 1.29 is 4.39 Å². The lowest BCUT2D eigenvalue weighted by molar-refractivity contribution is 0.628. The monoisotopic (exact) mass is 311 g/mol. The van der Waals surface area contributed by atoms with Crippen LogP contribution in [0.15, 0.2) is 48.5 Å². The number of hydrogen-bond donors (Lipinski definition) is 1. The third kappa shape index (κ3) is 4.82. The van der Waals surface area contributed by atoms with E-state index in [4.69, 9.17) is 23.8 Å². The molecule has 1 N–H and O–H groups in total. The number of nitrogens with one attached hydrogen (secondary N) is 1. The van der Waals surface area contributed by atoms with Gasteiger partial charge in [-0.25, -0.2) is 4.39 Å². The Balaban J connectivity index is 1.86. The van der Waals surface area contributed by atoms with Crippen LogP contribution in [0.25, 0.3) is 0 Å². The summed E-state index contributed by atoms with van der Waals surface area (Å²) >= 11 is 12.5. The second-order valence-electron chi connectivity index (χ2n) is 3.84. The maximum absolute atomic E-state index is 13.0. The maximum atomic E-state index is 13.0. The van der Waals surface area contributed by atoms with Gasteiger partial charge in [0.25, 0.3) is 0 Å². The van der Waals surface area contributed by atoms with E-state index in [1.165, 1.54) is 23.9 Å². The molecule has 0 bridgehead atoms. The SMILES string of the molecule is Fc1cccc(NC(=S)SCc2ccc(Cl)cc2)c1. The zero-order chi connectivity index (χ0) is 13.7. The predicted octanol–water partition coefficient (Wildman–Crippen LogP) is 5.11. The molecule has 19 heavy (non-hydrogen) atoms.